The monoisotopic (exact) mass is 89.1 g/mol. The maximum Gasteiger partial charge on any atom is 0.157 e. The van der Waals surface area contributed by atoms with E-state index in [1.54, 1.807) is 13.3 Å². The molecule has 0 saturated carbocycles. The standard InChI is InChI=1S/C4H9O2/c1-3-4(5)6-2/h3-5H,1-2H3. The number of ether oxygens (including phenoxy) is 1. The first-order valence-corrected chi connectivity index (χ1v) is 1.81. The molecule has 0 aliphatic carbocycles. The minimum absolute atomic E-state index is 0.690. The highest BCUT2D eigenvalue weighted by atomic mass is 16.6. The van der Waals surface area contributed by atoms with E-state index in [1.807, 2.05) is 0 Å². The van der Waals surface area contributed by atoms with Gasteiger partial charge in [-0.1, -0.05) is 6.92 Å². The van der Waals surface area contributed by atoms with Crippen LogP contribution in [0.25, 0.3) is 0 Å². The summed E-state index contributed by atoms with van der Waals surface area (Å²) < 4.78 is 4.40. The van der Waals surface area contributed by atoms with Gasteiger partial charge >= 0.3 is 0 Å². The summed E-state index contributed by atoms with van der Waals surface area (Å²) in [6.07, 6.45) is 0.866. The Hall–Kier alpha value is -0.0800. The second-order valence-electron chi connectivity index (χ2n) is 0.960. The van der Waals surface area contributed by atoms with Crippen molar-refractivity contribution in [2.75, 3.05) is 7.11 Å². The Kier molecular flexibility index (Phi) is 3.08. The van der Waals surface area contributed by atoms with E-state index < -0.39 is 6.29 Å². The van der Waals surface area contributed by atoms with Crippen molar-refractivity contribution in [1.29, 1.82) is 0 Å². The fraction of sp³-hybridized carbons (Fsp3) is 0.750. The molecule has 6 heavy (non-hydrogen) atoms. The number of rotatable bonds is 2. The third-order valence-corrected chi connectivity index (χ3v) is 0.527. The summed E-state index contributed by atoms with van der Waals surface area (Å²) in [4.78, 5) is 0. The number of aliphatic hydroxyl groups excluding tert-OH is 1. The lowest BCUT2D eigenvalue weighted by Gasteiger charge is -2.00. The summed E-state index contributed by atoms with van der Waals surface area (Å²) >= 11 is 0. The van der Waals surface area contributed by atoms with Crippen LogP contribution in [0.1, 0.15) is 6.92 Å². The van der Waals surface area contributed by atoms with Gasteiger partial charge < -0.3 is 9.84 Å². The lowest BCUT2D eigenvalue weighted by atomic mass is 10.5. The first-order valence-electron chi connectivity index (χ1n) is 1.81. The van der Waals surface area contributed by atoms with E-state index in [2.05, 4.69) is 4.74 Å². The Morgan fingerprint density at radius 2 is 2.33 bits per heavy atom. The highest BCUT2D eigenvalue weighted by Crippen LogP contribution is 1.84. The predicted molar refractivity (Wildman–Crippen MR) is 23.0 cm³/mol. The molecule has 0 saturated heterocycles. The van der Waals surface area contributed by atoms with Gasteiger partial charge in [0.15, 0.2) is 6.29 Å². The van der Waals surface area contributed by atoms with E-state index in [9.17, 15) is 0 Å². The SMILES string of the molecule is C[CH]C(O)OC. The van der Waals surface area contributed by atoms with E-state index in [0.717, 1.165) is 0 Å². The van der Waals surface area contributed by atoms with Crippen LogP contribution in [0.3, 0.4) is 0 Å². The molecule has 0 aliphatic rings. The molecule has 0 aromatic rings. The Morgan fingerprint density at radius 1 is 1.83 bits per heavy atom. The predicted octanol–water partition coefficient (Wildman–Crippen LogP) is 0.175. The van der Waals surface area contributed by atoms with Gasteiger partial charge in [0.05, 0.1) is 0 Å². The van der Waals surface area contributed by atoms with Crippen molar-refractivity contribution >= 4 is 0 Å². The second kappa shape index (κ2) is 3.12. The number of aliphatic hydroxyl groups is 1. The molecule has 2 nitrogen and oxygen atoms in total. The molecule has 0 aliphatic heterocycles. The van der Waals surface area contributed by atoms with Gasteiger partial charge in [-0.2, -0.15) is 0 Å². The van der Waals surface area contributed by atoms with Gasteiger partial charge in [0.25, 0.3) is 0 Å². The van der Waals surface area contributed by atoms with Gasteiger partial charge in [0.2, 0.25) is 0 Å². The van der Waals surface area contributed by atoms with Gasteiger partial charge in [-0.15, -0.1) is 0 Å². The van der Waals surface area contributed by atoms with Crippen molar-refractivity contribution in [1.82, 2.24) is 0 Å². The third-order valence-electron chi connectivity index (χ3n) is 0.527. The first-order chi connectivity index (χ1) is 2.81. The summed E-state index contributed by atoms with van der Waals surface area (Å²) in [5, 5.41) is 8.39. The molecule has 0 heterocycles. The van der Waals surface area contributed by atoms with E-state index in [0.29, 0.717) is 0 Å². The lowest BCUT2D eigenvalue weighted by Crippen LogP contribution is -2.06. The molecule has 1 atom stereocenters. The Labute approximate surface area is 37.7 Å². The number of hydrogen-bond acceptors (Lipinski definition) is 2. The van der Waals surface area contributed by atoms with Crippen LogP contribution < -0.4 is 0 Å². The van der Waals surface area contributed by atoms with Crippen molar-refractivity contribution in [3.63, 3.8) is 0 Å². The molecule has 0 rings (SSSR count). The lowest BCUT2D eigenvalue weighted by molar-refractivity contribution is -0.0475. The van der Waals surface area contributed by atoms with E-state index >= 15 is 0 Å². The molecule has 0 fully saturated rings. The maximum absolute atomic E-state index is 8.39. The quantitative estimate of drug-likeness (QED) is 0.489. The minimum atomic E-state index is -0.690. The van der Waals surface area contributed by atoms with Gasteiger partial charge in [-0.3, -0.25) is 0 Å². The van der Waals surface area contributed by atoms with E-state index in [1.165, 1.54) is 7.11 Å². The second-order valence-corrected chi connectivity index (χ2v) is 0.960. The van der Waals surface area contributed by atoms with E-state index in [-0.39, 0.29) is 0 Å². The van der Waals surface area contributed by atoms with Gasteiger partial charge in [0.1, 0.15) is 0 Å². The van der Waals surface area contributed by atoms with Gasteiger partial charge in [-0.05, 0) is 0 Å². The minimum Gasteiger partial charge on any atom is -0.368 e. The summed E-state index contributed by atoms with van der Waals surface area (Å²) in [5.41, 5.74) is 0. The van der Waals surface area contributed by atoms with Crippen molar-refractivity contribution in [3.8, 4) is 0 Å². The average Bonchev–Trinajstić information content (AvgIpc) is 1.65. The van der Waals surface area contributed by atoms with Crippen molar-refractivity contribution < 1.29 is 9.84 Å². The van der Waals surface area contributed by atoms with Crippen molar-refractivity contribution in [2.45, 2.75) is 13.2 Å². The zero-order chi connectivity index (χ0) is 4.99. The Balaban J connectivity index is 2.75. The molecular formula is C4H9O2. The summed E-state index contributed by atoms with van der Waals surface area (Å²) in [6.45, 7) is 1.73. The summed E-state index contributed by atoms with van der Waals surface area (Å²) in [5.74, 6) is 0. The first kappa shape index (κ1) is 5.92. The van der Waals surface area contributed by atoms with Crippen LogP contribution in [0.4, 0.5) is 0 Å². The fourth-order valence-electron chi connectivity index (χ4n) is 0.136. The molecule has 0 amide bonds. The summed E-state index contributed by atoms with van der Waals surface area (Å²) in [7, 11) is 1.45. The average molecular weight is 89.1 g/mol. The number of methoxy groups -OCH3 is 1. The third kappa shape index (κ3) is 2.18. The fourth-order valence-corrected chi connectivity index (χ4v) is 0.136. The van der Waals surface area contributed by atoms with Crippen LogP contribution in [0.15, 0.2) is 0 Å². The molecule has 1 radical (unpaired) electrons. The highest BCUT2D eigenvalue weighted by molar-refractivity contribution is 4.56. The molecule has 0 bridgehead atoms. The Morgan fingerprint density at radius 3 is 2.33 bits per heavy atom. The van der Waals surface area contributed by atoms with Crippen LogP contribution in [0.2, 0.25) is 0 Å². The van der Waals surface area contributed by atoms with Crippen LogP contribution >= 0.6 is 0 Å². The van der Waals surface area contributed by atoms with E-state index in [4.69, 9.17) is 5.11 Å². The molecular weight excluding hydrogens is 80.0 g/mol. The smallest absolute Gasteiger partial charge is 0.157 e. The van der Waals surface area contributed by atoms with Crippen LogP contribution in [0, 0.1) is 6.42 Å². The topological polar surface area (TPSA) is 29.5 Å². The van der Waals surface area contributed by atoms with Crippen LogP contribution in [-0.4, -0.2) is 18.5 Å². The molecule has 2 heteroatoms. The number of hydrogen-bond donors (Lipinski definition) is 1. The summed E-state index contributed by atoms with van der Waals surface area (Å²) in [6, 6.07) is 0. The molecule has 37 valence electrons. The molecule has 0 spiro atoms. The highest BCUT2D eigenvalue weighted by Gasteiger charge is 1.91. The van der Waals surface area contributed by atoms with Crippen molar-refractivity contribution in [2.24, 2.45) is 0 Å². The van der Waals surface area contributed by atoms with Gasteiger partial charge in [-0.25, -0.2) is 0 Å². The molecule has 1 unspecified atom stereocenters. The van der Waals surface area contributed by atoms with Crippen molar-refractivity contribution in [3.05, 3.63) is 6.42 Å². The molecule has 0 aromatic heterocycles. The normalized spacial score (nSPS) is 14.5. The zero-order valence-electron chi connectivity index (χ0n) is 4.01. The van der Waals surface area contributed by atoms with Crippen LogP contribution in [-0.2, 0) is 4.74 Å². The molecule has 1 N–H and O–H groups in total. The maximum atomic E-state index is 8.39. The van der Waals surface area contributed by atoms with Crippen LogP contribution in [0.5, 0.6) is 0 Å². The molecule has 0 aromatic carbocycles. The Bertz CT molecular complexity index is 24.7. The largest absolute Gasteiger partial charge is 0.368 e. The van der Waals surface area contributed by atoms with Gasteiger partial charge in [0, 0.05) is 13.5 Å². The zero-order valence-corrected chi connectivity index (χ0v) is 4.01.